The maximum Gasteiger partial charge on any atom is 0.250 e. The van der Waals surface area contributed by atoms with Gasteiger partial charge >= 0.3 is 0 Å². The molecule has 0 fully saturated rings. The number of amides is 1. The maximum absolute atomic E-state index is 11.4. The summed E-state index contributed by atoms with van der Waals surface area (Å²) in [6, 6.07) is 5.12. The van der Waals surface area contributed by atoms with Crippen LogP contribution in [0, 0.1) is 11.3 Å². The van der Waals surface area contributed by atoms with Crippen LogP contribution in [0.25, 0.3) is 0 Å². The third-order valence-corrected chi connectivity index (χ3v) is 2.83. The van der Waals surface area contributed by atoms with Gasteiger partial charge in [-0.05, 0) is 19.1 Å². The van der Waals surface area contributed by atoms with Crippen LogP contribution in [0.2, 0.25) is 5.02 Å². The van der Waals surface area contributed by atoms with Crippen LogP contribution in [0.4, 0.5) is 11.4 Å². The topological polar surface area (TPSA) is 96.1 Å². The van der Waals surface area contributed by atoms with Gasteiger partial charge < -0.3 is 16.4 Å². The summed E-state index contributed by atoms with van der Waals surface area (Å²) in [7, 11) is 0. The average Bonchev–Trinajstić information content (AvgIpc) is 2.31. The Morgan fingerprint density at radius 3 is 2.72 bits per heavy atom. The SMILES string of the molecule is CCN(CCC#N)c1c(Cl)cc(N)cc1C(N)=O. The average molecular weight is 267 g/mol. The molecule has 1 aromatic carbocycles. The van der Waals surface area contributed by atoms with Gasteiger partial charge in [0.1, 0.15) is 0 Å². The van der Waals surface area contributed by atoms with Gasteiger partial charge in [0, 0.05) is 18.8 Å². The highest BCUT2D eigenvalue weighted by Crippen LogP contribution is 2.32. The van der Waals surface area contributed by atoms with Gasteiger partial charge in [-0.1, -0.05) is 11.6 Å². The number of carbonyl (C=O) groups excluding carboxylic acids is 1. The quantitative estimate of drug-likeness (QED) is 0.794. The van der Waals surface area contributed by atoms with Crippen molar-refractivity contribution in [2.24, 2.45) is 5.73 Å². The summed E-state index contributed by atoms with van der Waals surface area (Å²) in [4.78, 5) is 13.3. The van der Waals surface area contributed by atoms with E-state index in [4.69, 9.17) is 28.3 Å². The molecule has 5 nitrogen and oxygen atoms in total. The molecule has 0 heterocycles. The minimum absolute atomic E-state index is 0.278. The van der Waals surface area contributed by atoms with E-state index in [1.807, 2.05) is 11.8 Å². The Morgan fingerprint density at radius 1 is 1.56 bits per heavy atom. The first-order valence-electron chi connectivity index (χ1n) is 5.52. The van der Waals surface area contributed by atoms with Gasteiger partial charge in [0.2, 0.25) is 0 Å². The van der Waals surface area contributed by atoms with E-state index in [-0.39, 0.29) is 5.56 Å². The van der Waals surface area contributed by atoms with Crippen molar-refractivity contribution >= 4 is 28.9 Å². The molecule has 0 aliphatic carbocycles. The summed E-state index contributed by atoms with van der Waals surface area (Å²) in [5, 5.41) is 8.99. The smallest absolute Gasteiger partial charge is 0.250 e. The third kappa shape index (κ3) is 3.05. The number of hydrogen-bond acceptors (Lipinski definition) is 4. The monoisotopic (exact) mass is 266 g/mol. The van der Waals surface area contributed by atoms with E-state index >= 15 is 0 Å². The number of benzene rings is 1. The van der Waals surface area contributed by atoms with Gasteiger partial charge in [-0.15, -0.1) is 0 Å². The molecule has 1 aromatic rings. The van der Waals surface area contributed by atoms with Crippen LogP contribution in [0.15, 0.2) is 12.1 Å². The first-order valence-corrected chi connectivity index (χ1v) is 5.89. The van der Waals surface area contributed by atoms with Gasteiger partial charge in [0.15, 0.2) is 0 Å². The zero-order valence-electron chi connectivity index (χ0n) is 10.1. The van der Waals surface area contributed by atoms with Crippen molar-refractivity contribution in [2.45, 2.75) is 13.3 Å². The fraction of sp³-hybridized carbons (Fsp3) is 0.333. The highest BCUT2D eigenvalue weighted by atomic mass is 35.5. The van der Waals surface area contributed by atoms with Gasteiger partial charge in [-0.25, -0.2) is 0 Å². The Kier molecular flexibility index (Phi) is 4.81. The molecule has 0 unspecified atom stereocenters. The zero-order valence-corrected chi connectivity index (χ0v) is 10.9. The van der Waals surface area contributed by atoms with E-state index in [0.29, 0.717) is 35.9 Å². The lowest BCUT2D eigenvalue weighted by Gasteiger charge is -2.25. The third-order valence-electron chi connectivity index (χ3n) is 2.54. The second-order valence-electron chi connectivity index (χ2n) is 3.75. The minimum Gasteiger partial charge on any atom is -0.399 e. The summed E-state index contributed by atoms with van der Waals surface area (Å²) >= 11 is 6.12. The summed E-state index contributed by atoms with van der Waals surface area (Å²) in [6.45, 7) is 3.01. The second kappa shape index (κ2) is 6.12. The van der Waals surface area contributed by atoms with Gasteiger partial charge in [-0.2, -0.15) is 5.26 Å². The predicted octanol–water partition coefficient (Wildman–Crippen LogP) is 1.76. The van der Waals surface area contributed by atoms with Gasteiger partial charge in [0.25, 0.3) is 5.91 Å². The van der Waals surface area contributed by atoms with Crippen LogP contribution in [-0.4, -0.2) is 19.0 Å². The highest BCUT2D eigenvalue weighted by molar-refractivity contribution is 6.34. The molecule has 96 valence electrons. The summed E-state index contributed by atoms with van der Waals surface area (Å²) in [6.07, 6.45) is 0.340. The molecule has 0 saturated heterocycles. The molecule has 6 heteroatoms. The number of anilines is 2. The molecule has 0 saturated carbocycles. The molecular formula is C12H15ClN4O. The predicted molar refractivity (Wildman–Crippen MR) is 72.5 cm³/mol. The van der Waals surface area contributed by atoms with Crippen LogP contribution < -0.4 is 16.4 Å². The molecule has 0 spiro atoms. The van der Waals surface area contributed by atoms with Gasteiger partial charge in [-0.3, -0.25) is 4.79 Å². The molecule has 0 bridgehead atoms. The summed E-state index contributed by atoms with van der Waals surface area (Å²) in [5.41, 5.74) is 12.2. The van der Waals surface area contributed by atoms with Crippen molar-refractivity contribution in [1.82, 2.24) is 0 Å². The number of primary amides is 1. The fourth-order valence-electron chi connectivity index (χ4n) is 1.74. The molecule has 0 aliphatic rings. The maximum atomic E-state index is 11.4. The Morgan fingerprint density at radius 2 is 2.22 bits per heavy atom. The van der Waals surface area contributed by atoms with E-state index in [1.165, 1.54) is 6.07 Å². The van der Waals surface area contributed by atoms with Crippen molar-refractivity contribution in [3.05, 3.63) is 22.7 Å². The normalized spacial score (nSPS) is 9.83. The number of carbonyl (C=O) groups is 1. The van der Waals surface area contributed by atoms with Crippen molar-refractivity contribution in [3.8, 4) is 6.07 Å². The Balaban J connectivity index is 3.28. The molecule has 1 amide bonds. The van der Waals surface area contributed by atoms with Crippen molar-refractivity contribution in [2.75, 3.05) is 23.7 Å². The van der Waals surface area contributed by atoms with E-state index in [1.54, 1.807) is 6.07 Å². The first-order chi connectivity index (χ1) is 8.51. The lowest BCUT2D eigenvalue weighted by molar-refractivity contribution is 0.100. The number of hydrogen-bond donors (Lipinski definition) is 2. The fourth-order valence-corrected chi connectivity index (χ4v) is 2.09. The minimum atomic E-state index is -0.588. The lowest BCUT2D eigenvalue weighted by Crippen LogP contribution is -2.27. The van der Waals surface area contributed by atoms with Crippen LogP contribution in [-0.2, 0) is 0 Å². The molecule has 0 aliphatic heterocycles. The molecule has 18 heavy (non-hydrogen) atoms. The van der Waals surface area contributed by atoms with E-state index < -0.39 is 5.91 Å². The van der Waals surface area contributed by atoms with Crippen LogP contribution >= 0.6 is 11.6 Å². The van der Waals surface area contributed by atoms with E-state index in [2.05, 4.69) is 6.07 Å². The number of nitrogens with zero attached hydrogens (tertiary/aromatic N) is 2. The van der Waals surface area contributed by atoms with Crippen molar-refractivity contribution in [1.29, 1.82) is 5.26 Å². The largest absolute Gasteiger partial charge is 0.399 e. The number of nitriles is 1. The summed E-state index contributed by atoms with van der Waals surface area (Å²) in [5.74, 6) is -0.588. The number of nitrogen functional groups attached to an aromatic ring is 1. The van der Waals surface area contributed by atoms with Crippen molar-refractivity contribution in [3.63, 3.8) is 0 Å². The van der Waals surface area contributed by atoms with Crippen molar-refractivity contribution < 1.29 is 4.79 Å². The Labute approximate surface area is 111 Å². The zero-order chi connectivity index (χ0) is 13.7. The molecule has 0 aromatic heterocycles. The standard InChI is InChI=1S/C12H15ClN4O/c1-2-17(5-3-4-14)11-9(12(16)18)6-8(15)7-10(11)13/h6-7H,2-3,5,15H2,1H3,(H2,16,18). The lowest BCUT2D eigenvalue weighted by atomic mass is 10.1. The van der Waals surface area contributed by atoms with E-state index in [0.717, 1.165) is 0 Å². The number of halogens is 1. The molecule has 4 N–H and O–H groups in total. The first kappa shape index (κ1) is 14.1. The van der Waals surface area contributed by atoms with E-state index in [9.17, 15) is 4.79 Å². The highest BCUT2D eigenvalue weighted by Gasteiger charge is 2.18. The van der Waals surface area contributed by atoms with Gasteiger partial charge in [0.05, 0.1) is 28.8 Å². The summed E-state index contributed by atoms with van der Waals surface area (Å²) < 4.78 is 0. The van der Waals surface area contributed by atoms with Crippen LogP contribution in [0.1, 0.15) is 23.7 Å². The number of nitrogens with two attached hydrogens (primary N) is 2. The Bertz CT molecular complexity index is 496. The number of rotatable bonds is 5. The van der Waals surface area contributed by atoms with Crippen LogP contribution in [0.3, 0.4) is 0 Å². The molecule has 0 radical (unpaired) electrons. The molecule has 1 rings (SSSR count). The second-order valence-corrected chi connectivity index (χ2v) is 4.16. The molecular weight excluding hydrogens is 252 g/mol. The van der Waals surface area contributed by atoms with Crippen LogP contribution in [0.5, 0.6) is 0 Å². The molecule has 0 atom stereocenters. The Hall–Kier alpha value is -1.93.